The number of rotatable bonds is 7. The van der Waals surface area contributed by atoms with Gasteiger partial charge in [0.15, 0.2) is 0 Å². The van der Waals surface area contributed by atoms with Crippen LogP contribution in [0.15, 0.2) is 35.1 Å². The number of morpholine rings is 1. The minimum absolute atomic E-state index is 0.113. The second-order valence-corrected chi connectivity index (χ2v) is 7.33. The number of nitrogens with one attached hydrogen (secondary N) is 1. The average Bonchev–Trinajstić information content (AvgIpc) is 2.71. The van der Waals surface area contributed by atoms with Crippen LogP contribution >= 0.6 is 0 Å². The molecule has 1 fully saturated rings. The molecule has 0 aliphatic carbocycles. The van der Waals surface area contributed by atoms with Crippen LogP contribution in [0.25, 0.3) is 0 Å². The van der Waals surface area contributed by atoms with E-state index in [4.69, 9.17) is 9.47 Å². The molecule has 0 spiro atoms. The summed E-state index contributed by atoms with van der Waals surface area (Å²) in [6.45, 7) is 6.66. The molecule has 1 amide bonds. The van der Waals surface area contributed by atoms with Crippen LogP contribution < -0.4 is 15.8 Å². The number of hydrogen-bond donors (Lipinski definition) is 1. The van der Waals surface area contributed by atoms with Crippen LogP contribution in [0.2, 0.25) is 0 Å². The minimum Gasteiger partial charge on any atom is -0.378 e. The Hall–Kier alpha value is -2.71. The number of carbonyl (C=O) groups excluding carboxylic acids is 1. The van der Waals surface area contributed by atoms with Gasteiger partial charge in [0.25, 0.3) is 5.56 Å². The van der Waals surface area contributed by atoms with Crippen molar-refractivity contribution in [2.45, 2.75) is 32.9 Å². The van der Waals surface area contributed by atoms with Crippen molar-refractivity contribution >= 4 is 17.5 Å². The third-order valence-electron chi connectivity index (χ3n) is 4.77. The van der Waals surface area contributed by atoms with E-state index < -0.39 is 0 Å². The minimum atomic E-state index is -0.278. The summed E-state index contributed by atoms with van der Waals surface area (Å²) in [5.74, 6) is 0.558. The van der Waals surface area contributed by atoms with Crippen molar-refractivity contribution in [2.75, 3.05) is 43.6 Å². The molecule has 1 aromatic heterocycles. The van der Waals surface area contributed by atoms with Gasteiger partial charge in [0.05, 0.1) is 25.5 Å². The highest BCUT2D eigenvalue weighted by Crippen LogP contribution is 2.19. The van der Waals surface area contributed by atoms with E-state index in [0.717, 1.165) is 5.56 Å². The van der Waals surface area contributed by atoms with E-state index >= 15 is 0 Å². The third kappa shape index (κ3) is 5.42. The molecule has 8 nitrogen and oxygen atoms in total. The lowest BCUT2D eigenvalue weighted by molar-refractivity contribution is -0.116. The lowest BCUT2D eigenvalue weighted by Gasteiger charge is -2.29. The molecule has 8 heteroatoms. The molecular weight excluding hydrogens is 372 g/mol. The van der Waals surface area contributed by atoms with Crippen molar-refractivity contribution in [2.24, 2.45) is 0 Å². The van der Waals surface area contributed by atoms with Gasteiger partial charge in [0, 0.05) is 32.0 Å². The molecule has 0 saturated carbocycles. The first kappa shape index (κ1) is 21.0. The molecule has 2 heterocycles. The van der Waals surface area contributed by atoms with Gasteiger partial charge < -0.3 is 19.7 Å². The second kappa shape index (κ2) is 9.67. The van der Waals surface area contributed by atoms with Crippen molar-refractivity contribution in [1.29, 1.82) is 0 Å². The normalized spacial score (nSPS) is 14.3. The van der Waals surface area contributed by atoms with Crippen LogP contribution in [0, 0.1) is 0 Å². The van der Waals surface area contributed by atoms with Gasteiger partial charge in [-0.05, 0) is 23.6 Å². The van der Waals surface area contributed by atoms with E-state index in [1.165, 1.54) is 10.6 Å². The molecule has 3 rings (SSSR count). The van der Waals surface area contributed by atoms with Crippen molar-refractivity contribution in [3.8, 4) is 0 Å². The number of carbonyl (C=O) groups is 1. The molecule has 1 saturated heterocycles. The predicted octanol–water partition coefficient (Wildman–Crippen LogP) is 1.99. The number of ether oxygens (including phenoxy) is 2. The summed E-state index contributed by atoms with van der Waals surface area (Å²) < 4.78 is 11.9. The molecule has 1 aliphatic rings. The van der Waals surface area contributed by atoms with Crippen LogP contribution in [0.1, 0.15) is 31.0 Å². The Morgan fingerprint density at radius 1 is 1.28 bits per heavy atom. The Labute approximate surface area is 170 Å². The van der Waals surface area contributed by atoms with E-state index in [1.807, 2.05) is 29.2 Å². The summed E-state index contributed by atoms with van der Waals surface area (Å²) in [5, 5.41) is 2.89. The molecule has 0 unspecified atom stereocenters. The SMILES string of the molecule is COCc1cc(=O)n(CC(=O)Nc2cccc(C(C)C)c2)c(N2CCOCC2)n1. The van der Waals surface area contributed by atoms with Gasteiger partial charge in [-0.1, -0.05) is 26.0 Å². The fourth-order valence-corrected chi connectivity index (χ4v) is 3.23. The molecule has 29 heavy (non-hydrogen) atoms. The summed E-state index contributed by atoms with van der Waals surface area (Å²) in [5.41, 5.74) is 2.12. The summed E-state index contributed by atoms with van der Waals surface area (Å²) in [6.07, 6.45) is 0. The predicted molar refractivity (Wildman–Crippen MR) is 111 cm³/mol. The maximum atomic E-state index is 12.7. The van der Waals surface area contributed by atoms with Crippen LogP contribution in [-0.4, -0.2) is 48.9 Å². The number of benzene rings is 1. The summed E-state index contributed by atoms with van der Waals surface area (Å²) >= 11 is 0. The molecule has 1 N–H and O–H groups in total. The van der Waals surface area contributed by atoms with Gasteiger partial charge >= 0.3 is 0 Å². The zero-order chi connectivity index (χ0) is 20.8. The highest BCUT2D eigenvalue weighted by molar-refractivity contribution is 5.90. The van der Waals surface area contributed by atoms with Crippen molar-refractivity contribution in [3.05, 3.63) is 51.9 Å². The Bertz CT molecular complexity index is 904. The smallest absolute Gasteiger partial charge is 0.255 e. The van der Waals surface area contributed by atoms with Crippen molar-refractivity contribution in [1.82, 2.24) is 9.55 Å². The Kier molecular flexibility index (Phi) is 7.00. The highest BCUT2D eigenvalue weighted by atomic mass is 16.5. The number of hydrogen-bond acceptors (Lipinski definition) is 6. The van der Waals surface area contributed by atoms with Gasteiger partial charge in [0.1, 0.15) is 6.54 Å². The number of nitrogens with zero attached hydrogens (tertiary/aromatic N) is 3. The largest absolute Gasteiger partial charge is 0.378 e. The van der Waals surface area contributed by atoms with Crippen LogP contribution in [0.5, 0.6) is 0 Å². The molecule has 0 atom stereocenters. The van der Waals surface area contributed by atoms with Gasteiger partial charge in [-0.3, -0.25) is 14.2 Å². The first-order chi connectivity index (χ1) is 14.0. The summed E-state index contributed by atoms with van der Waals surface area (Å²) in [6, 6.07) is 9.15. The van der Waals surface area contributed by atoms with Crippen molar-refractivity contribution < 1.29 is 14.3 Å². The Balaban J connectivity index is 1.84. The third-order valence-corrected chi connectivity index (χ3v) is 4.77. The van der Waals surface area contributed by atoms with Gasteiger partial charge in [0.2, 0.25) is 11.9 Å². The maximum absolute atomic E-state index is 12.7. The first-order valence-electron chi connectivity index (χ1n) is 9.80. The van der Waals surface area contributed by atoms with Crippen LogP contribution in [0.3, 0.4) is 0 Å². The van der Waals surface area contributed by atoms with Crippen LogP contribution in [0.4, 0.5) is 11.6 Å². The quantitative estimate of drug-likeness (QED) is 0.765. The number of methoxy groups -OCH3 is 1. The molecule has 0 bridgehead atoms. The van der Waals surface area contributed by atoms with E-state index in [0.29, 0.717) is 49.6 Å². The maximum Gasteiger partial charge on any atom is 0.255 e. The lowest BCUT2D eigenvalue weighted by Crippen LogP contribution is -2.42. The highest BCUT2D eigenvalue weighted by Gasteiger charge is 2.20. The topological polar surface area (TPSA) is 85.7 Å². The molecule has 1 aliphatic heterocycles. The van der Waals surface area contributed by atoms with E-state index in [-0.39, 0.29) is 24.6 Å². The zero-order valence-electron chi connectivity index (χ0n) is 17.2. The number of amides is 1. The first-order valence-corrected chi connectivity index (χ1v) is 9.80. The van der Waals surface area contributed by atoms with Gasteiger partial charge in [-0.2, -0.15) is 0 Å². The number of aromatic nitrogens is 2. The van der Waals surface area contributed by atoms with Crippen LogP contribution in [-0.2, 0) is 27.4 Å². The molecule has 1 aromatic carbocycles. The van der Waals surface area contributed by atoms with Gasteiger partial charge in [-0.25, -0.2) is 4.98 Å². The monoisotopic (exact) mass is 400 g/mol. The fourth-order valence-electron chi connectivity index (χ4n) is 3.23. The van der Waals surface area contributed by atoms with E-state index in [2.05, 4.69) is 24.1 Å². The average molecular weight is 400 g/mol. The number of anilines is 2. The van der Waals surface area contributed by atoms with Crippen molar-refractivity contribution in [3.63, 3.8) is 0 Å². The van der Waals surface area contributed by atoms with E-state index in [1.54, 1.807) is 7.11 Å². The summed E-state index contributed by atoms with van der Waals surface area (Å²) in [4.78, 5) is 32.0. The zero-order valence-corrected chi connectivity index (χ0v) is 17.2. The summed E-state index contributed by atoms with van der Waals surface area (Å²) in [7, 11) is 1.56. The van der Waals surface area contributed by atoms with Gasteiger partial charge in [-0.15, -0.1) is 0 Å². The van der Waals surface area contributed by atoms with E-state index in [9.17, 15) is 9.59 Å². The lowest BCUT2D eigenvalue weighted by atomic mass is 10.0. The standard InChI is InChI=1S/C21H28N4O4/c1-15(2)16-5-4-6-17(11-16)22-19(26)13-25-20(27)12-18(14-28-3)23-21(25)24-7-9-29-10-8-24/h4-6,11-12,15H,7-10,13-14H2,1-3H3,(H,22,26). The molecular formula is C21H28N4O4. The Morgan fingerprint density at radius 2 is 2.03 bits per heavy atom. The molecule has 0 radical (unpaired) electrons. The second-order valence-electron chi connectivity index (χ2n) is 7.33. The molecule has 156 valence electrons. The Morgan fingerprint density at radius 3 is 2.72 bits per heavy atom. The fraction of sp³-hybridized carbons (Fsp3) is 0.476. The molecule has 2 aromatic rings.